The summed E-state index contributed by atoms with van der Waals surface area (Å²) in [6.07, 6.45) is 3.89. The number of benzene rings is 1. The standard InChI is InChI=1S/C15H12ClN5O3/c1-23-9-2-3-11(16)10(4-9)13-14(17)20-12(6-18-13)21-15(22)8-5-19-24-7-8/h2-7H,1H3,(H3,17,20,21,22). The second-order valence-corrected chi connectivity index (χ2v) is 5.11. The number of methoxy groups -OCH3 is 1. The average molecular weight is 346 g/mol. The van der Waals surface area contributed by atoms with E-state index in [1.165, 1.54) is 18.7 Å². The van der Waals surface area contributed by atoms with Crippen molar-refractivity contribution in [1.29, 1.82) is 0 Å². The van der Waals surface area contributed by atoms with Crippen molar-refractivity contribution in [3.05, 3.63) is 47.4 Å². The molecule has 3 N–H and O–H groups in total. The Kier molecular flexibility index (Phi) is 4.30. The molecule has 3 rings (SSSR count). The summed E-state index contributed by atoms with van der Waals surface area (Å²) in [4.78, 5) is 20.3. The number of halogens is 1. The van der Waals surface area contributed by atoms with E-state index in [2.05, 4.69) is 25.0 Å². The predicted molar refractivity (Wildman–Crippen MR) is 87.9 cm³/mol. The van der Waals surface area contributed by atoms with Gasteiger partial charge >= 0.3 is 0 Å². The Labute approximate surface area is 141 Å². The van der Waals surface area contributed by atoms with E-state index in [9.17, 15) is 4.79 Å². The molecule has 0 saturated heterocycles. The summed E-state index contributed by atoms with van der Waals surface area (Å²) >= 11 is 6.19. The molecule has 2 aromatic heterocycles. The van der Waals surface area contributed by atoms with E-state index in [4.69, 9.17) is 22.1 Å². The van der Waals surface area contributed by atoms with Crippen LogP contribution in [0, 0.1) is 0 Å². The normalized spacial score (nSPS) is 10.4. The Hall–Kier alpha value is -3.13. The number of carbonyl (C=O) groups is 1. The molecule has 2 heterocycles. The molecule has 24 heavy (non-hydrogen) atoms. The molecule has 0 bridgehead atoms. The molecule has 0 spiro atoms. The number of carbonyl (C=O) groups excluding carboxylic acids is 1. The predicted octanol–water partition coefficient (Wildman–Crippen LogP) is 2.63. The van der Waals surface area contributed by atoms with Crippen molar-refractivity contribution in [3.63, 3.8) is 0 Å². The Morgan fingerprint density at radius 1 is 1.38 bits per heavy atom. The molecule has 9 heteroatoms. The van der Waals surface area contributed by atoms with Crippen LogP contribution in [-0.4, -0.2) is 28.1 Å². The van der Waals surface area contributed by atoms with E-state index < -0.39 is 5.91 Å². The number of rotatable bonds is 4. The number of ether oxygens (including phenoxy) is 1. The number of hydrogen-bond acceptors (Lipinski definition) is 7. The lowest BCUT2D eigenvalue weighted by Gasteiger charge is -2.10. The summed E-state index contributed by atoms with van der Waals surface area (Å²) in [6.45, 7) is 0. The lowest BCUT2D eigenvalue weighted by atomic mass is 10.1. The quantitative estimate of drug-likeness (QED) is 0.746. The molecule has 0 atom stereocenters. The van der Waals surface area contributed by atoms with Crippen LogP contribution in [0.1, 0.15) is 10.4 Å². The summed E-state index contributed by atoms with van der Waals surface area (Å²) < 4.78 is 9.78. The van der Waals surface area contributed by atoms with Gasteiger partial charge in [0.2, 0.25) is 0 Å². The summed E-state index contributed by atoms with van der Waals surface area (Å²) in [7, 11) is 1.55. The summed E-state index contributed by atoms with van der Waals surface area (Å²) in [5.41, 5.74) is 7.18. The van der Waals surface area contributed by atoms with Crippen molar-refractivity contribution in [1.82, 2.24) is 15.1 Å². The SMILES string of the molecule is COc1ccc(Cl)c(-c2ncc(NC(=O)c3cnoc3)nc2N)c1. The molecule has 122 valence electrons. The number of nitrogens with zero attached hydrogens (tertiary/aromatic N) is 3. The topological polar surface area (TPSA) is 116 Å². The fraction of sp³-hybridized carbons (Fsp3) is 0.0667. The summed E-state index contributed by atoms with van der Waals surface area (Å²) in [5, 5.41) is 6.47. The van der Waals surface area contributed by atoms with Crippen LogP contribution >= 0.6 is 11.6 Å². The van der Waals surface area contributed by atoms with Gasteiger partial charge in [-0.05, 0) is 18.2 Å². The summed E-state index contributed by atoms with van der Waals surface area (Å²) in [5.74, 6) is 0.493. The molecular weight excluding hydrogens is 334 g/mol. The zero-order valence-corrected chi connectivity index (χ0v) is 13.2. The third-order valence-corrected chi connectivity index (χ3v) is 3.49. The van der Waals surface area contributed by atoms with Gasteiger partial charge in [0.15, 0.2) is 11.6 Å². The van der Waals surface area contributed by atoms with Crippen molar-refractivity contribution in [2.45, 2.75) is 0 Å². The highest BCUT2D eigenvalue weighted by atomic mass is 35.5. The molecule has 0 radical (unpaired) electrons. The zero-order chi connectivity index (χ0) is 17.1. The first kappa shape index (κ1) is 15.8. The van der Waals surface area contributed by atoms with Gasteiger partial charge in [-0.15, -0.1) is 0 Å². The van der Waals surface area contributed by atoms with Gasteiger partial charge in [0.05, 0.1) is 30.1 Å². The first-order valence-corrected chi connectivity index (χ1v) is 7.13. The monoisotopic (exact) mass is 345 g/mol. The zero-order valence-electron chi connectivity index (χ0n) is 12.5. The van der Waals surface area contributed by atoms with E-state index in [-0.39, 0.29) is 17.2 Å². The van der Waals surface area contributed by atoms with E-state index in [0.717, 1.165) is 0 Å². The molecule has 8 nitrogen and oxygen atoms in total. The number of nitrogen functional groups attached to an aromatic ring is 1. The van der Waals surface area contributed by atoms with Gasteiger partial charge in [-0.2, -0.15) is 0 Å². The molecular formula is C15H12ClN5O3. The van der Waals surface area contributed by atoms with Crippen LogP contribution in [0.25, 0.3) is 11.3 Å². The van der Waals surface area contributed by atoms with E-state index >= 15 is 0 Å². The fourth-order valence-electron chi connectivity index (χ4n) is 1.99. The number of anilines is 2. The van der Waals surface area contributed by atoms with E-state index in [1.807, 2.05) is 0 Å². The molecule has 3 aromatic rings. The number of nitrogens with two attached hydrogens (primary N) is 1. The maximum Gasteiger partial charge on any atom is 0.261 e. The van der Waals surface area contributed by atoms with Crippen LogP contribution in [0.5, 0.6) is 5.75 Å². The maximum atomic E-state index is 11.9. The Balaban J connectivity index is 1.89. The number of amides is 1. The molecule has 1 amide bonds. The van der Waals surface area contributed by atoms with Crippen molar-refractivity contribution in [3.8, 4) is 17.0 Å². The number of hydrogen-bond donors (Lipinski definition) is 2. The Morgan fingerprint density at radius 2 is 2.21 bits per heavy atom. The van der Waals surface area contributed by atoms with Gasteiger partial charge in [0.25, 0.3) is 5.91 Å². The molecule has 0 unspecified atom stereocenters. The first-order chi connectivity index (χ1) is 11.6. The van der Waals surface area contributed by atoms with Crippen molar-refractivity contribution < 1.29 is 14.1 Å². The van der Waals surface area contributed by atoms with Gasteiger partial charge in [-0.25, -0.2) is 9.97 Å². The molecule has 0 saturated carbocycles. The molecule has 0 fully saturated rings. The largest absolute Gasteiger partial charge is 0.497 e. The van der Waals surface area contributed by atoms with Gasteiger partial charge in [0, 0.05) is 5.56 Å². The molecule has 1 aromatic carbocycles. The van der Waals surface area contributed by atoms with Crippen LogP contribution < -0.4 is 15.8 Å². The lowest BCUT2D eigenvalue weighted by molar-refractivity contribution is 0.102. The molecule has 0 aliphatic rings. The van der Waals surface area contributed by atoms with Crippen LogP contribution in [0.2, 0.25) is 5.02 Å². The van der Waals surface area contributed by atoms with E-state index in [1.54, 1.807) is 25.3 Å². The van der Waals surface area contributed by atoms with E-state index in [0.29, 0.717) is 22.0 Å². The second kappa shape index (κ2) is 6.55. The van der Waals surface area contributed by atoms with Crippen molar-refractivity contribution in [2.75, 3.05) is 18.2 Å². The molecule has 0 aliphatic carbocycles. The summed E-state index contributed by atoms with van der Waals surface area (Å²) in [6, 6.07) is 5.11. The highest BCUT2D eigenvalue weighted by molar-refractivity contribution is 6.33. The smallest absolute Gasteiger partial charge is 0.261 e. The Morgan fingerprint density at radius 3 is 2.88 bits per heavy atom. The van der Waals surface area contributed by atoms with Crippen molar-refractivity contribution in [2.24, 2.45) is 0 Å². The maximum absolute atomic E-state index is 11.9. The van der Waals surface area contributed by atoms with Gasteiger partial charge in [-0.3, -0.25) is 4.79 Å². The third kappa shape index (κ3) is 3.13. The minimum Gasteiger partial charge on any atom is -0.497 e. The average Bonchev–Trinajstić information content (AvgIpc) is 3.11. The third-order valence-electron chi connectivity index (χ3n) is 3.16. The number of aromatic nitrogens is 3. The van der Waals surface area contributed by atoms with Gasteiger partial charge in [-0.1, -0.05) is 16.8 Å². The second-order valence-electron chi connectivity index (χ2n) is 4.70. The first-order valence-electron chi connectivity index (χ1n) is 6.75. The number of nitrogens with one attached hydrogen (secondary N) is 1. The van der Waals surface area contributed by atoms with Gasteiger partial charge < -0.3 is 20.3 Å². The molecule has 0 aliphatic heterocycles. The minimum absolute atomic E-state index is 0.119. The minimum atomic E-state index is -0.433. The Bertz CT molecular complexity index is 883. The fourth-order valence-corrected chi connectivity index (χ4v) is 2.20. The highest BCUT2D eigenvalue weighted by Crippen LogP contribution is 2.33. The van der Waals surface area contributed by atoms with Crippen LogP contribution in [0.3, 0.4) is 0 Å². The van der Waals surface area contributed by atoms with Crippen LogP contribution in [0.4, 0.5) is 11.6 Å². The van der Waals surface area contributed by atoms with Gasteiger partial charge in [0.1, 0.15) is 17.7 Å². The van der Waals surface area contributed by atoms with Crippen molar-refractivity contribution >= 4 is 29.1 Å². The van der Waals surface area contributed by atoms with Crippen LogP contribution in [0.15, 0.2) is 41.4 Å². The highest BCUT2D eigenvalue weighted by Gasteiger charge is 2.14. The van der Waals surface area contributed by atoms with Crippen LogP contribution in [-0.2, 0) is 0 Å². The lowest BCUT2D eigenvalue weighted by Crippen LogP contribution is -2.13.